The van der Waals surface area contributed by atoms with Gasteiger partial charge in [-0.1, -0.05) is 51.7 Å². The van der Waals surface area contributed by atoms with Gasteiger partial charge >= 0.3 is 6.09 Å². The maximum atomic E-state index is 13.9. The molecule has 4 amide bonds. The number of epoxide rings is 1. The van der Waals surface area contributed by atoms with Crippen LogP contribution >= 0.6 is 0 Å². The van der Waals surface area contributed by atoms with Crippen molar-refractivity contribution in [2.75, 3.05) is 44.8 Å². The van der Waals surface area contributed by atoms with E-state index < -0.39 is 41.6 Å². The average molecular weight is 644 g/mol. The van der Waals surface area contributed by atoms with E-state index in [1.807, 2.05) is 24.8 Å². The van der Waals surface area contributed by atoms with E-state index in [4.69, 9.17) is 14.2 Å². The van der Waals surface area contributed by atoms with Crippen molar-refractivity contribution in [1.29, 1.82) is 0 Å². The second-order valence-corrected chi connectivity index (χ2v) is 12.5. The van der Waals surface area contributed by atoms with Gasteiger partial charge in [-0.15, -0.1) is 0 Å². The minimum absolute atomic E-state index is 0.0843. The van der Waals surface area contributed by atoms with E-state index in [-0.39, 0.29) is 31.3 Å². The molecule has 5 rings (SSSR count). The molecule has 4 aliphatic rings. The van der Waals surface area contributed by atoms with Crippen molar-refractivity contribution >= 4 is 35.3 Å². The molecule has 1 saturated carbocycles. The van der Waals surface area contributed by atoms with E-state index in [1.165, 1.54) is 0 Å². The van der Waals surface area contributed by atoms with Crippen LogP contribution in [0.5, 0.6) is 0 Å². The summed E-state index contributed by atoms with van der Waals surface area (Å²) >= 11 is 0. The molecule has 0 bridgehead atoms. The van der Waals surface area contributed by atoms with Crippen LogP contribution < -0.4 is 21.3 Å². The number of morpholine rings is 1. The number of carbonyl (C=O) groups is 5. The Hall–Kier alpha value is -3.55. The predicted molar refractivity (Wildman–Crippen MR) is 170 cm³/mol. The summed E-state index contributed by atoms with van der Waals surface area (Å²) in [5.41, 5.74) is 1.18. The zero-order valence-electron chi connectivity index (χ0n) is 27.4. The first-order valence-corrected chi connectivity index (χ1v) is 16.5. The third kappa shape index (κ3) is 9.73. The monoisotopic (exact) mass is 643 g/mol. The molecule has 1 aliphatic carbocycles. The topological polar surface area (TPSA) is 168 Å². The molecule has 4 unspecified atom stereocenters. The first-order valence-electron chi connectivity index (χ1n) is 16.5. The summed E-state index contributed by atoms with van der Waals surface area (Å²) in [7, 11) is 0. The molecule has 4 atom stereocenters. The number of carbonyl (C=O) groups excluding carboxylic acids is 5. The molecule has 13 nitrogen and oxygen atoms in total. The van der Waals surface area contributed by atoms with Crippen LogP contribution in [-0.2, 0) is 46.4 Å². The largest absolute Gasteiger partial charge is 0.444 e. The average Bonchev–Trinajstić information content (AvgIpc) is 3.59. The number of benzene rings is 1. The van der Waals surface area contributed by atoms with Crippen molar-refractivity contribution in [3.8, 4) is 0 Å². The summed E-state index contributed by atoms with van der Waals surface area (Å²) < 4.78 is 15.8. The van der Waals surface area contributed by atoms with Crippen LogP contribution in [0.1, 0.15) is 70.9 Å². The summed E-state index contributed by atoms with van der Waals surface area (Å²) in [5, 5.41) is 11.1. The first kappa shape index (κ1) is 35.3. The van der Waals surface area contributed by atoms with E-state index in [9.17, 15) is 24.0 Å². The SMILES string of the molecule is CC.CC(NC(=O)CN1CCOCC1)C(=O)NC(Cc1ccc2c(c1)COC(=O)N2)C(=O)NC(CC1CCCC1)C(=O)C1(C)CO1. The lowest BCUT2D eigenvalue weighted by molar-refractivity contribution is -0.134. The zero-order valence-corrected chi connectivity index (χ0v) is 27.4. The van der Waals surface area contributed by atoms with Gasteiger partial charge in [0.2, 0.25) is 17.7 Å². The lowest BCUT2D eigenvalue weighted by atomic mass is 9.90. The molecule has 3 fully saturated rings. The van der Waals surface area contributed by atoms with Gasteiger partial charge in [0, 0.05) is 25.1 Å². The summed E-state index contributed by atoms with van der Waals surface area (Å²) in [6.07, 6.45) is 4.32. The Morgan fingerprint density at radius 3 is 2.37 bits per heavy atom. The Morgan fingerprint density at radius 1 is 1.02 bits per heavy atom. The molecular formula is C33H49N5O8. The van der Waals surface area contributed by atoms with Crippen LogP contribution in [0, 0.1) is 5.92 Å². The molecular weight excluding hydrogens is 594 g/mol. The second kappa shape index (κ2) is 16.3. The number of hydrogen-bond acceptors (Lipinski definition) is 9. The molecule has 1 aromatic carbocycles. The Kier molecular flexibility index (Phi) is 12.5. The fourth-order valence-corrected chi connectivity index (χ4v) is 6.06. The van der Waals surface area contributed by atoms with Crippen molar-refractivity contribution < 1.29 is 38.2 Å². The molecule has 2 saturated heterocycles. The second-order valence-electron chi connectivity index (χ2n) is 12.5. The van der Waals surface area contributed by atoms with Gasteiger partial charge in [0.25, 0.3) is 0 Å². The smallest absolute Gasteiger partial charge is 0.411 e. The number of cyclic esters (lactones) is 1. The lowest BCUT2D eigenvalue weighted by Gasteiger charge is -2.28. The maximum absolute atomic E-state index is 13.9. The van der Waals surface area contributed by atoms with Gasteiger partial charge in [0.15, 0.2) is 5.78 Å². The number of rotatable bonds is 13. The number of nitrogens with one attached hydrogen (secondary N) is 4. The van der Waals surface area contributed by atoms with E-state index in [0.29, 0.717) is 50.9 Å². The van der Waals surface area contributed by atoms with Gasteiger partial charge in [-0.05, 0) is 37.8 Å². The van der Waals surface area contributed by atoms with E-state index in [1.54, 1.807) is 26.0 Å². The van der Waals surface area contributed by atoms with Crippen LogP contribution in [0.4, 0.5) is 10.5 Å². The molecule has 46 heavy (non-hydrogen) atoms. The molecule has 0 spiro atoms. The minimum atomic E-state index is -1.04. The maximum Gasteiger partial charge on any atom is 0.411 e. The van der Waals surface area contributed by atoms with Crippen LogP contribution in [0.3, 0.4) is 0 Å². The zero-order chi connectivity index (χ0) is 33.3. The van der Waals surface area contributed by atoms with Crippen molar-refractivity contribution in [2.24, 2.45) is 5.92 Å². The molecule has 1 aromatic rings. The van der Waals surface area contributed by atoms with Crippen molar-refractivity contribution in [3.05, 3.63) is 29.3 Å². The third-order valence-corrected chi connectivity index (χ3v) is 8.85. The van der Waals surface area contributed by atoms with Crippen LogP contribution in [-0.4, -0.2) is 97.7 Å². The highest BCUT2D eigenvalue weighted by atomic mass is 16.6. The summed E-state index contributed by atoms with van der Waals surface area (Å²) in [6.45, 7) is 10.2. The van der Waals surface area contributed by atoms with Gasteiger partial charge in [-0.2, -0.15) is 0 Å². The number of hydrogen-bond donors (Lipinski definition) is 4. The van der Waals surface area contributed by atoms with E-state index in [0.717, 1.165) is 36.8 Å². The van der Waals surface area contributed by atoms with Crippen LogP contribution in [0.15, 0.2) is 18.2 Å². The molecule has 4 N–H and O–H groups in total. The van der Waals surface area contributed by atoms with Crippen LogP contribution in [0.25, 0.3) is 0 Å². The van der Waals surface area contributed by atoms with Crippen LogP contribution in [0.2, 0.25) is 0 Å². The molecule has 0 radical (unpaired) electrons. The number of fused-ring (bicyclic) bond motifs is 1. The highest BCUT2D eigenvalue weighted by Crippen LogP contribution is 2.33. The highest BCUT2D eigenvalue weighted by molar-refractivity contribution is 5.98. The Balaban J connectivity index is 0.00000235. The number of ether oxygens (including phenoxy) is 3. The fraction of sp³-hybridized carbons (Fsp3) is 0.667. The molecule has 254 valence electrons. The summed E-state index contributed by atoms with van der Waals surface area (Å²) in [6, 6.07) is 2.63. The van der Waals surface area contributed by atoms with Gasteiger partial charge < -0.3 is 30.2 Å². The van der Waals surface area contributed by atoms with E-state index >= 15 is 0 Å². The normalized spacial score (nSPS) is 22.8. The lowest BCUT2D eigenvalue weighted by Crippen LogP contribution is -2.57. The van der Waals surface area contributed by atoms with Gasteiger partial charge in [0.05, 0.1) is 38.1 Å². The molecule has 3 aliphatic heterocycles. The van der Waals surface area contributed by atoms with Gasteiger partial charge in [-0.3, -0.25) is 29.4 Å². The molecule has 0 aromatic heterocycles. The minimum Gasteiger partial charge on any atom is -0.444 e. The Morgan fingerprint density at radius 2 is 1.70 bits per heavy atom. The first-order chi connectivity index (χ1) is 22.1. The predicted octanol–water partition coefficient (Wildman–Crippen LogP) is 2.06. The quantitative estimate of drug-likeness (QED) is 0.235. The number of anilines is 1. The number of amides is 4. The number of nitrogens with zero attached hydrogens (tertiary/aromatic N) is 1. The van der Waals surface area contributed by atoms with Crippen molar-refractivity contribution in [2.45, 2.75) is 96.6 Å². The van der Waals surface area contributed by atoms with Crippen molar-refractivity contribution in [1.82, 2.24) is 20.9 Å². The summed E-state index contributed by atoms with van der Waals surface area (Å²) in [5.74, 6) is -1.14. The molecule has 3 heterocycles. The Labute approximate surface area is 270 Å². The van der Waals surface area contributed by atoms with Gasteiger partial charge in [-0.25, -0.2) is 4.79 Å². The summed E-state index contributed by atoms with van der Waals surface area (Å²) in [4.78, 5) is 66.8. The Bertz CT molecular complexity index is 1260. The standard InChI is InChI=1S/C31H43N5O8.C2H6/c1-19(32-26(37)16-36-9-11-42-12-10-36)28(39)34-25(15-21-7-8-23-22(13-21)17-43-30(41)35-23)29(40)33-24(14-20-5-3-4-6-20)27(38)31(2)18-44-31;1-2/h7-8,13,19-20,24-25H,3-6,9-12,14-18H2,1-2H3,(H,32,37)(H,33,40)(H,34,39)(H,35,41);1-2H3. The number of Topliss-reactive ketones (excluding diaryl/α,β-unsaturated/α-hetero) is 1. The highest BCUT2D eigenvalue weighted by Gasteiger charge is 2.50. The van der Waals surface area contributed by atoms with Crippen molar-refractivity contribution in [3.63, 3.8) is 0 Å². The van der Waals surface area contributed by atoms with Gasteiger partial charge in [0.1, 0.15) is 24.3 Å². The third-order valence-electron chi connectivity index (χ3n) is 8.85. The number of ketones is 1. The molecule has 13 heteroatoms. The van der Waals surface area contributed by atoms with E-state index in [2.05, 4.69) is 21.3 Å². The fourth-order valence-electron chi connectivity index (χ4n) is 6.06.